The molecule has 0 amide bonds. The minimum atomic E-state index is -6.14. The van der Waals surface area contributed by atoms with Crippen LogP contribution in [0.4, 0.5) is 13.2 Å². The number of nitrogens with zero attached hydrogens (tertiary/aromatic N) is 1. The first-order valence-corrected chi connectivity index (χ1v) is 8.71. The predicted octanol–water partition coefficient (Wildman–Crippen LogP) is 0.950. The Labute approximate surface area is 120 Å². The third-order valence-corrected chi connectivity index (χ3v) is 5.22. The molecular formula is C10H13F3NO5S2+. The van der Waals surface area contributed by atoms with Crippen molar-refractivity contribution in [3.05, 3.63) is 30.6 Å². The second-order valence-corrected chi connectivity index (χ2v) is 7.49. The van der Waals surface area contributed by atoms with Crippen LogP contribution in [0.25, 0.3) is 0 Å². The lowest BCUT2D eigenvalue weighted by atomic mass is 10.3. The monoisotopic (exact) mass is 348 g/mol. The molecule has 0 aliphatic heterocycles. The largest absolute Gasteiger partial charge is 0.524 e. The van der Waals surface area contributed by atoms with Crippen molar-refractivity contribution in [1.82, 2.24) is 0 Å². The first-order valence-electron chi connectivity index (χ1n) is 5.73. The molecule has 0 N–H and O–H groups in total. The van der Waals surface area contributed by atoms with Gasteiger partial charge in [0.05, 0.1) is 5.75 Å². The highest BCUT2D eigenvalue weighted by Gasteiger charge is 2.50. The van der Waals surface area contributed by atoms with Gasteiger partial charge in [0, 0.05) is 18.6 Å². The van der Waals surface area contributed by atoms with E-state index in [0.29, 0.717) is 13.0 Å². The quantitative estimate of drug-likeness (QED) is 0.416. The summed E-state index contributed by atoms with van der Waals surface area (Å²) in [6, 6.07) is 5.31. The first-order chi connectivity index (χ1) is 9.54. The van der Waals surface area contributed by atoms with Gasteiger partial charge in [0.2, 0.25) is 0 Å². The fourth-order valence-electron chi connectivity index (χ4n) is 1.37. The Morgan fingerprint density at radius 2 is 1.52 bits per heavy atom. The van der Waals surface area contributed by atoms with Crippen molar-refractivity contribution in [1.29, 1.82) is 0 Å². The maximum Gasteiger partial charge on any atom is 0.524 e. The maximum absolute atomic E-state index is 12.0. The lowest BCUT2D eigenvalue weighted by Gasteiger charge is -2.08. The lowest BCUT2D eigenvalue weighted by molar-refractivity contribution is -0.697. The van der Waals surface area contributed by atoms with E-state index >= 15 is 0 Å². The number of pyridine rings is 1. The molecule has 0 radical (unpaired) electrons. The molecular weight excluding hydrogens is 335 g/mol. The number of hydrogen-bond donors (Lipinski definition) is 0. The molecule has 0 bridgehead atoms. The number of aryl methyl sites for hydroxylation is 1. The van der Waals surface area contributed by atoms with E-state index < -0.39 is 31.5 Å². The molecule has 0 unspecified atom stereocenters. The summed E-state index contributed by atoms with van der Waals surface area (Å²) in [5, 5.41) is 0. The fourth-order valence-corrected chi connectivity index (χ4v) is 3.60. The van der Waals surface area contributed by atoms with Crippen LogP contribution in [0.15, 0.2) is 30.6 Å². The number of rotatable bonds is 7. The van der Waals surface area contributed by atoms with E-state index in [1.165, 1.54) is 0 Å². The third-order valence-electron chi connectivity index (χ3n) is 2.31. The summed E-state index contributed by atoms with van der Waals surface area (Å²) in [5.74, 6) is -0.810. The average Bonchev–Trinajstić information content (AvgIpc) is 2.33. The van der Waals surface area contributed by atoms with Gasteiger partial charge in [0.25, 0.3) is 10.1 Å². The molecule has 0 saturated carbocycles. The zero-order chi connectivity index (χ0) is 16.1. The van der Waals surface area contributed by atoms with Gasteiger partial charge in [-0.05, 0) is 6.42 Å². The third kappa shape index (κ3) is 5.98. The SMILES string of the molecule is O=S(=O)(CCCC[n+]1ccccc1)OS(=O)(=O)C(F)(F)F. The fraction of sp³-hybridized carbons (Fsp3) is 0.500. The number of unbranched alkanes of at least 4 members (excludes halogenated alkanes) is 1. The summed E-state index contributed by atoms with van der Waals surface area (Å²) in [4.78, 5) is 0. The van der Waals surface area contributed by atoms with Crippen LogP contribution in [-0.4, -0.2) is 28.1 Å². The summed E-state index contributed by atoms with van der Waals surface area (Å²) < 4.78 is 84.6. The Kier molecular flexibility index (Phi) is 5.70. The van der Waals surface area contributed by atoms with Crippen LogP contribution in [0.2, 0.25) is 0 Å². The van der Waals surface area contributed by atoms with Crippen LogP contribution in [0.3, 0.4) is 0 Å². The van der Waals surface area contributed by atoms with Gasteiger partial charge < -0.3 is 0 Å². The van der Waals surface area contributed by atoms with E-state index in [-0.39, 0.29) is 6.42 Å². The molecule has 0 saturated heterocycles. The molecule has 0 aliphatic carbocycles. The Morgan fingerprint density at radius 1 is 0.952 bits per heavy atom. The number of halogens is 3. The highest BCUT2D eigenvalue weighted by molar-refractivity contribution is 8.00. The van der Waals surface area contributed by atoms with Gasteiger partial charge in [0.1, 0.15) is 6.54 Å². The highest BCUT2D eigenvalue weighted by Crippen LogP contribution is 2.26. The Morgan fingerprint density at radius 3 is 2.05 bits per heavy atom. The van der Waals surface area contributed by atoms with E-state index in [0.717, 1.165) is 0 Å². The number of aromatic nitrogens is 1. The topological polar surface area (TPSA) is 81.4 Å². The van der Waals surface area contributed by atoms with Crippen molar-refractivity contribution < 1.29 is 38.2 Å². The lowest BCUT2D eigenvalue weighted by Crippen LogP contribution is -2.32. The van der Waals surface area contributed by atoms with Crippen molar-refractivity contribution in [2.45, 2.75) is 24.9 Å². The Balaban J connectivity index is 2.48. The molecule has 11 heteroatoms. The van der Waals surface area contributed by atoms with E-state index in [9.17, 15) is 30.0 Å². The number of alkyl halides is 3. The van der Waals surface area contributed by atoms with Gasteiger partial charge in [-0.3, -0.25) is 0 Å². The summed E-state index contributed by atoms with van der Waals surface area (Å²) in [7, 11) is -10.9. The van der Waals surface area contributed by atoms with Crippen molar-refractivity contribution in [3.8, 4) is 0 Å². The summed E-state index contributed by atoms with van der Waals surface area (Å²) >= 11 is 0. The second kappa shape index (κ2) is 6.71. The summed E-state index contributed by atoms with van der Waals surface area (Å²) in [6.07, 6.45) is 3.78. The predicted molar refractivity (Wildman–Crippen MR) is 65.7 cm³/mol. The van der Waals surface area contributed by atoms with Crippen LogP contribution >= 0.6 is 0 Å². The van der Waals surface area contributed by atoms with Crippen LogP contribution in [0, 0.1) is 0 Å². The molecule has 1 aromatic heterocycles. The maximum atomic E-state index is 12.0. The van der Waals surface area contributed by atoms with E-state index in [1.54, 1.807) is 35.2 Å². The molecule has 1 aromatic rings. The Hall–Kier alpha value is -1.20. The normalized spacial score (nSPS) is 13.3. The molecule has 1 rings (SSSR count). The van der Waals surface area contributed by atoms with Crippen LogP contribution in [-0.2, 0) is 30.4 Å². The van der Waals surface area contributed by atoms with Gasteiger partial charge in [-0.15, -0.1) is 3.63 Å². The zero-order valence-corrected chi connectivity index (χ0v) is 12.3. The Bertz CT molecular complexity index is 656. The molecule has 0 aromatic carbocycles. The molecule has 6 nitrogen and oxygen atoms in total. The smallest absolute Gasteiger partial charge is 0.205 e. The molecule has 0 atom stereocenters. The molecule has 0 aliphatic rings. The molecule has 21 heavy (non-hydrogen) atoms. The first kappa shape index (κ1) is 17.9. The van der Waals surface area contributed by atoms with Crippen LogP contribution in [0.5, 0.6) is 0 Å². The number of hydrogen-bond acceptors (Lipinski definition) is 5. The molecule has 0 spiro atoms. The molecule has 0 fully saturated rings. The van der Waals surface area contributed by atoms with Crippen molar-refractivity contribution in [2.75, 3.05) is 5.75 Å². The van der Waals surface area contributed by atoms with Crippen LogP contribution < -0.4 is 4.57 Å². The molecule has 1 heterocycles. The summed E-state index contributed by atoms with van der Waals surface area (Å²) in [6.45, 7) is 0.447. The standard InChI is InChI=1S/C10H13F3NO5S2/c11-10(12,13)21(17,18)19-20(15,16)9-5-4-8-14-6-2-1-3-7-14/h1-3,6-7H,4-5,8-9H2/q+1. The minimum Gasteiger partial charge on any atom is -0.205 e. The van der Waals surface area contributed by atoms with Crippen LogP contribution in [0.1, 0.15) is 12.8 Å². The van der Waals surface area contributed by atoms with Crippen molar-refractivity contribution in [2.24, 2.45) is 0 Å². The van der Waals surface area contributed by atoms with E-state index in [2.05, 4.69) is 3.63 Å². The van der Waals surface area contributed by atoms with Crippen molar-refractivity contribution >= 4 is 20.2 Å². The van der Waals surface area contributed by atoms with Gasteiger partial charge in [-0.2, -0.15) is 30.0 Å². The average molecular weight is 348 g/mol. The van der Waals surface area contributed by atoms with Gasteiger partial charge >= 0.3 is 15.6 Å². The van der Waals surface area contributed by atoms with E-state index in [4.69, 9.17) is 0 Å². The van der Waals surface area contributed by atoms with Crippen molar-refractivity contribution in [3.63, 3.8) is 0 Å². The highest BCUT2D eigenvalue weighted by atomic mass is 32.3. The zero-order valence-electron chi connectivity index (χ0n) is 10.7. The molecule has 120 valence electrons. The summed E-state index contributed by atoms with van der Waals surface area (Å²) in [5.41, 5.74) is -5.76. The van der Waals surface area contributed by atoms with Gasteiger partial charge in [-0.25, -0.2) is 4.57 Å². The van der Waals surface area contributed by atoms with E-state index in [1.807, 2.05) is 0 Å². The van der Waals surface area contributed by atoms with Gasteiger partial charge in [-0.1, -0.05) is 6.07 Å². The second-order valence-electron chi connectivity index (χ2n) is 4.05. The minimum absolute atomic E-state index is 0.0302. The van der Waals surface area contributed by atoms with Gasteiger partial charge in [0.15, 0.2) is 12.4 Å².